The molecule has 2 aliphatic carbocycles. The van der Waals surface area contributed by atoms with Crippen molar-refractivity contribution in [2.75, 3.05) is 0 Å². The highest BCUT2D eigenvalue weighted by atomic mass is 16.5. The van der Waals surface area contributed by atoms with E-state index in [1.165, 1.54) is 72.0 Å². The maximum atomic E-state index is 6.83. The second-order valence-corrected chi connectivity index (χ2v) is 20.6. The van der Waals surface area contributed by atoms with Gasteiger partial charge in [-0.25, -0.2) is 9.97 Å². The molecule has 13 aromatic rings. The summed E-state index contributed by atoms with van der Waals surface area (Å²) in [5, 5.41) is 5.79. The predicted octanol–water partition coefficient (Wildman–Crippen LogP) is 17.6. The van der Waals surface area contributed by atoms with E-state index in [0.717, 1.165) is 92.6 Å². The third-order valence-electron chi connectivity index (χ3n) is 16.3. The molecule has 5 heterocycles. The molecule has 4 aromatic heterocycles. The first kappa shape index (κ1) is 42.9. The molecular formula is C70H48N4O2. The number of nitrogens with zero attached hydrogens (tertiary/aromatic N) is 4. The summed E-state index contributed by atoms with van der Waals surface area (Å²) in [5.74, 6) is 1.71. The van der Waals surface area contributed by atoms with Crippen molar-refractivity contribution in [3.63, 3.8) is 0 Å². The van der Waals surface area contributed by atoms with Gasteiger partial charge in [-0.15, -0.1) is 0 Å². The van der Waals surface area contributed by atoms with Crippen LogP contribution in [-0.4, -0.2) is 25.2 Å². The zero-order chi connectivity index (χ0) is 49.8. The van der Waals surface area contributed by atoms with Crippen LogP contribution in [0.1, 0.15) is 53.3 Å². The molecule has 0 spiro atoms. The van der Waals surface area contributed by atoms with Gasteiger partial charge in [0.15, 0.2) is 11.6 Å². The highest BCUT2D eigenvalue weighted by Gasteiger charge is 2.38. The molecule has 2 unspecified atom stereocenters. The molecule has 16 rings (SSSR count). The Hall–Kier alpha value is -9.52. The third kappa shape index (κ3) is 6.73. The summed E-state index contributed by atoms with van der Waals surface area (Å²) in [6.45, 7) is 0. The lowest BCUT2D eigenvalue weighted by molar-refractivity contribution is 0.253. The molecule has 3 aliphatic rings. The number of allylic oxidation sites excluding steroid dienone is 2. The molecule has 0 N–H and O–H groups in total. The molecule has 6 nitrogen and oxygen atoms in total. The van der Waals surface area contributed by atoms with Crippen molar-refractivity contribution in [3.05, 3.63) is 253 Å². The quantitative estimate of drug-likeness (QED) is 0.160. The van der Waals surface area contributed by atoms with Crippen molar-refractivity contribution >= 4 is 71.9 Å². The van der Waals surface area contributed by atoms with E-state index in [4.69, 9.17) is 19.1 Å². The Bertz CT molecular complexity index is 4540. The number of rotatable bonds is 7. The molecule has 76 heavy (non-hydrogen) atoms. The molecule has 6 heteroatoms. The van der Waals surface area contributed by atoms with Gasteiger partial charge in [0, 0.05) is 72.2 Å². The first-order chi connectivity index (χ1) is 37.7. The third-order valence-corrected chi connectivity index (χ3v) is 16.3. The van der Waals surface area contributed by atoms with Crippen LogP contribution in [0.4, 0.5) is 0 Å². The predicted molar refractivity (Wildman–Crippen MR) is 310 cm³/mol. The summed E-state index contributed by atoms with van der Waals surface area (Å²) in [6, 6.07) is 78.5. The second-order valence-electron chi connectivity index (χ2n) is 20.6. The van der Waals surface area contributed by atoms with Crippen LogP contribution in [-0.2, 0) is 6.42 Å². The molecule has 0 fully saturated rings. The van der Waals surface area contributed by atoms with E-state index in [1.54, 1.807) is 0 Å². The SMILES string of the molecule is C1=C(c2ccc3c(c2)c2ccccc2n3-c2ccccc2)CCc2c1c1cc(-c3ccc4oc5cccc(-c6nc7c(c(-c8ccccc8)n6)OC6CCC(c8ccccc8)C=C76)c5c4c3)ccc1n2-c1ccccc1. The molecule has 0 saturated carbocycles. The molecule has 360 valence electrons. The number of para-hydroxylation sites is 3. The Labute approximate surface area is 439 Å². The van der Waals surface area contributed by atoms with Crippen molar-refractivity contribution in [1.29, 1.82) is 0 Å². The zero-order valence-corrected chi connectivity index (χ0v) is 41.5. The number of benzene rings is 9. The van der Waals surface area contributed by atoms with Gasteiger partial charge in [-0.3, -0.25) is 0 Å². The van der Waals surface area contributed by atoms with Crippen LogP contribution in [0.3, 0.4) is 0 Å². The van der Waals surface area contributed by atoms with E-state index in [0.29, 0.717) is 5.82 Å². The maximum Gasteiger partial charge on any atom is 0.172 e. The van der Waals surface area contributed by atoms with Crippen LogP contribution in [0.15, 0.2) is 229 Å². The highest BCUT2D eigenvalue weighted by Crippen LogP contribution is 2.50. The van der Waals surface area contributed by atoms with Crippen molar-refractivity contribution in [2.45, 2.75) is 37.7 Å². The minimum absolute atomic E-state index is 0.0616. The Morgan fingerprint density at radius 3 is 1.91 bits per heavy atom. The minimum Gasteiger partial charge on any atom is -0.481 e. The fourth-order valence-electron chi connectivity index (χ4n) is 12.8. The Balaban J connectivity index is 0.837. The van der Waals surface area contributed by atoms with Crippen molar-refractivity contribution in [3.8, 4) is 50.9 Å². The van der Waals surface area contributed by atoms with Crippen LogP contribution in [0.25, 0.3) is 117 Å². The van der Waals surface area contributed by atoms with Crippen molar-refractivity contribution in [2.24, 2.45) is 0 Å². The van der Waals surface area contributed by atoms with Crippen LogP contribution in [0.2, 0.25) is 0 Å². The molecule has 0 amide bonds. The van der Waals surface area contributed by atoms with E-state index in [-0.39, 0.29) is 12.0 Å². The Morgan fingerprint density at radius 2 is 1.11 bits per heavy atom. The fourth-order valence-corrected chi connectivity index (χ4v) is 12.8. The number of fused-ring (bicyclic) bond motifs is 12. The van der Waals surface area contributed by atoms with Gasteiger partial charge in [0.25, 0.3) is 0 Å². The van der Waals surface area contributed by atoms with E-state index in [1.807, 2.05) is 6.07 Å². The van der Waals surface area contributed by atoms with Crippen molar-refractivity contribution < 1.29 is 9.15 Å². The highest BCUT2D eigenvalue weighted by molar-refractivity contribution is 6.14. The van der Waals surface area contributed by atoms with E-state index in [9.17, 15) is 0 Å². The molecule has 2 atom stereocenters. The van der Waals surface area contributed by atoms with Gasteiger partial charge in [-0.2, -0.15) is 0 Å². The van der Waals surface area contributed by atoms with Crippen LogP contribution < -0.4 is 4.74 Å². The lowest BCUT2D eigenvalue weighted by Gasteiger charge is -2.23. The molecule has 1 aliphatic heterocycles. The van der Waals surface area contributed by atoms with Crippen molar-refractivity contribution in [1.82, 2.24) is 19.1 Å². The fraction of sp³-hybridized carbons (Fsp3) is 0.0857. The van der Waals surface area contributed by atoms with Gasteiger partial charge < -0.3 is 18.3 Å². The zero-order valence-electron chi connectivity index (χ0n) is 41.5. The molecule has 9 aromatic carbocycles. The lowest BCUT2D eigenvalue weighted by atomic mass is 9.83. The first-order valence-corrected chi connectivity index (χ1v) is 26.6. The summed E-state index contributed by atoms with van der Waals surface area (Å²) >= 11 is 0. The minimum atomic E-state index is -0.0616. The summed E-state index contributed by atoms with van der Waals surface area (Å²) < 4.78 is 18.4. The normalized spacial score (nSPS) is 15.9. The second kappa shape index (κ2) is 17.0. The van der Waals surface area contributed by atoms with Gasteiger partial charge in [-0.1, -0.05) is 152 Å². The average molecular weight is 977 g/mol. The van der Waals surface area contributed by atoms with Gasteiger partial charge >= 0.3 is 0 Å². The summed E-state index contributed by atoms with van der Waals surface area (Å²) in [6.07, 6.45) is 8.60. The molecule has 0 radical (unpaired) electrons. The first-order valence-electron chi connectivity index (χ1n) is 26.6. The van der Waals surface area contributed by atoms with Crippen LogP contribution >= 0.6 is 0 Å². The van der Waals surface area contributed by atoms with E-state index in [2.05, 4.69) is 234 Å². The van der Waals surface area contributed by atoms with Gasteiger partial charge in [-0.05, 0) is 132 Å². The number of aromatic nitrogens is 4. The smallest absolute Gasteiger partial charge is 0.172 e. The number of ether oxygens (including phenoxy) is 1. The Kier molecular flexibility index (Phi) is 9.61. The van der Waals surface area contributed by atoms with Crippen LogP contribution in [0, 0.1) is 0 Å². The number of furan rings is 1. The van der Waals surface area contributed by atoms with Gasteiger partial charge in [0.1, 0.15) is 28.7 Å². The molecule has 0 saturated heterocycles. The van der Waals surface area contributed by atoms with Gasteiger partial charge in [0.2, 0.25) is 0 Å². The largest absolute Gasteiger partial charge is 0.481 e. The lowest BCUT2D eigenvalue weighted by Crippen LogP contribution is -2.18. The summed E-state index contributed by atoms with van der Waals surface area (Å²) in [4.78, 5) is 10.9. The van der Waals surface area contributed by atoms with Gasteiger partial charge in [0.05, 0.1) is 16.6 Å². The van der Waals surface area contributed by atoms with Crippen LogP contribution in [0.5, 0.6) is 5.75 Å². The Morgan fingerprint density at radius 1 is 0.461 bits per heavy atom. The monoisotopic (exact) mass is 976 g/mol. The average Bonchev–Trinajstić information content (AvgIpc) is 4.25. The topological polar surface area (TPSA) is 58.0 Å². The maximum absolute atomic E-state index is 6.83. The van der Waals surface area contributed by atoms with E-state index < -0.39 is 0 Å². The van der Waals surface area contributed by atoms with E-state index >= 15 is 0 Å². The standard InChI is InChI=1S/C70H48N4O2/c1-5-16-43(17-6-1)45-31-37-64-58(42-45)68-69(76-64)67(44-18-7-2-8-19-44)71-70(72-68)53-25-15-27-65-66(53)57-41-49(32-36-63(57)75-65)48-30-35-62-56(40-48)55-39-47(29-34-61(55)74(62)51-22-11-4-12-23-51)46-28-33-60-54(38-46)52-24-13-14-26-59(52)73(60)50-20-9-3-10-21-50/h1-28,30,32-33,35-36,38-42,45,64H,29,31,34,37H2. The molecular weight excluding hydrogens is 929 g/mol. The molecule has 0 bridgehead atoms. The summed E-state index contributed by atoms with van der Waals surface area (Å²) in [5.41, 5.74) is 21.2. The summed E-state index contributed by atoms with van der Waals surface area (Å²) in [7, 11) is 0. The number of hydrogen-bond acceptors (Lipinski definition) is 4. The number of hydrogen-bond donors (Lipinski definition) is 0.